The monoisotopic (exact) mass is 513 g/mol. The summed E-state index contributed by atoms with van der Waals surface area (Å²) in [5.74, 6) is 3.00. The van der Waals surface area contributed by atoms with Crippen molar-refractivity contribution >= 4 is 35.3 Å². The van der Waals surface area contributed by atoms with Gasteiger partial charge < -0.3 is 14.2 Å². The molecule has 0 bridgehead atoms. The minimum absolute atomic E-state index is 0.737. The van der Waals surface area contributed by atoms with Gasteiger partial charge in [-0.25, -0.2) is 0 Å². The molecular weight excluding hydrogens is 474 g/mol. The lowest BCUT2D eigenvalue weighted by atomic mass is 10.3. The lowest BCUT2D eigenvalue weighted by Gasteiger charge is -2.07. The van der Waals surface area contributed by atoms with E-state index in [2.05, 4.69) is 19.7 Å². The minimum Gasteiger partial charge on any atom is -0.502 e. The summed E-state index contributed by atoms with van der Waals surface area (Å²) >= 11 is 5.15. The summed E-state index contributed by atoms with van der Waals surface area (Å²) in [6, 6.07) is 0. The van der Waals surface area contributed by atoms with Crippen LogP contribution in [0.25, 0.3) is 0 Å². The molecule has 0 amide bonds. The molecule has 1 aromatic heterocycles. The lowest BCUT2D eigenvalue weighted by Crippen LogP contribution is -1.99. The van der Waals surface area contributed by atoms with Crippen LogP contribution in [0.2, 0.25) is 0 Å². The summed E-state index contributed by atoms with van der Waals surface area (Å²) in [7, 11) is 0. The van der Waals surface area contributed by atoms with Crippen molar-refractivity contribution in [2.24, 2.45) is 0 Å². The summed E-state index contributed by atoms with van der Waals surface area (Å²) in [5.41, 5.74) is 0. The molecule has 0 fully saturated rings. The van der Waals surface area contributed by atoms with Gasteiger partial charge in [-0.05, 0) is 57.8 Å². The molecule has 0 aliphatic heterocycles. The van der Waals surface area contributed by atoms with Crippen LogP contribution >= 0.6 is 35.3 Å². The van der Waals surface area contributed by atoms with E-state index in [9.17, 15) is 0 Å². The quantitative estimate of drug-likeness (QED) is 0.0815. The summed E-state index contributed by atoms with van der Waals surface area (Å²) in [6.07, 6.45) is 14.3. The first kappa shape index (κ1) is 29.7. The highest BCUT2D eigenvalue weighted by Crippen LogP contribution is 2.25. The smallest absolute Gasteiger partial charge is 0.192 e. The van der Waals surface area contributed by atoms with Crippen LogP contribution in [-0.2, 0) is 14.2 Å². The van der Waals surface area contributed by atoms with Crippen molar-refractivity contribution in [3.05, 3.63) is 38.5 Å². The van der Waals surface area contributed by atoms with Crippen molar-refractivity contribution < 1.29 is 14.2 Å². The first-order valence-electron chi connectivity index (χ1n) is 11.6. The van der Waals surface area contributed by atoms with Crippen LogP contribution in [0, 0.1) is 0 Å². The molecule has 6 nitrogen and oxygen atoms in total. The predicted molar refractivity (Wildman–Crippen MR) is 142 cm³/mol. The molecule has 186 valence electrons. The molecule has 0 N–H and O–H groups in total. The third-order valence-electron chi connectivity index (χ3n) is 4.34. The summed E-state index contributed by atoms with van der Waals surface area (Å²) < 4.78 is 15.5. The van der Waals surface area contributed by atoms with Crippen LogP contribution in [0.1, 0.15) is 57.8 Å². The van der Waals surface area contributed by atoms with Gasteiger partial charge in [0.1, 0.15) is 0 Å². The Labute approximate surface area is 212 Å². The number of unbranched alkanes of at least 4 members (excludes halogenated alkanes) is 6. The molecule has 1 rings (SSSR count). The summed E-state index contributed by atoms with van der Waals surface area (Å²) in [5, 5.41) is 2.49. The zero-order valence-electron chi connectivity index (χ0n) is 19.8. The van der Waals surface area contributed by atoms with Crippen molar-refractivity contribution in [3.63, 3.8) is 0 Å². The second kappa shape index (κ2) is 22.5. The maximum atomic E-state index is 5.17. The van der Waals surface area contributed by atoms with E-state index in [4.69, 9.17) is 29.2 Å². The van der Waals surface area contributed by atoms with Gasteiger partial charge in [-0.3, -0.25) is 0 Å². The maximum Gasteiger partial charge on any atom is 0.192 e. The molecule has 0 aliphatic carbocycles. The Hall–Kier alpha value is -1.32. The number of thioether (sulfide) groups is 3. The van der Waals surface area contributed by atoms with Gasteiger partial charge in [-0.2, -0.15) is 15.0 Å². The van der Waals surface area contributed by atoms with Crippen molar-refractivity contribution in [3.8, 4) is 0 Å². The Balaban J connectivity index is 2.46. The SMILES string of the molecule is C=COCCCCCSc1nc(SCCCCCOC=C)nc(SCCCCCOC=C)n1. The molecule has 0 spiro atoms. The number of aromatic nitrogens is 3. The molecule has 1 heterocycles. The van der Waals surface area contributed by atoms with E-state index < -0.39 is 0 Å². The number of hydrogen-bond donors (Lipinski definition) is 0. The van der Waals surface area contributed by atoms with Crippen LogP contribution in [0.5, 0.6) is 0 Å². The fraction of sp³-hybridized carbons (Fsp3) is 0.625. The third-order valence-corrected chi connectivity index (χ3v) is 7.14. The van der Waals surface area contributed by atoms with Crippen LogP contribution in [0.3, 0.4) is 0 Å². The molecule has 0 saturated carbocycles. The van der Waals surface area contributed by atoms with Crippen molar-refractivity contribution in [2.45, 2.75) is 73.3 Å². The molecular formula is C24H39N3O3S3. The van der Waals surface area contributed by atoms with Crippen LogP contribution < -0.4 is 0 Å². The Bertz CT molecular complexity index is 553. The standard InChI is InChI=1S/C24H39N3O3S3/c1-4-28-16-10-7-13-19-31-22-25-23(32-20-14-8-11-17-29-5-2)27-24(26-22)33-21-15-9-12-18-30-6-3/h4-6H,1-3,7-21H2. The van der Waals surface area contributed by atoms with Gasteiger partial charge in [0.05, 0.1) is 38.6 Å². The van der Waals surface area contributed by atoms with E-state index in [1.54, 1.807) is 35.3 Å². The van der Waals surface area contributed by atoms with Crippen molar-refractivity contribution in [1.29, 1.82) is 0 Å². The first-order valence-corrected chi connectivity index (χ1v) is 14.6. The number of ether oxygens (including phenoxy) is 3. The topological polar surface area (TPSA) is 66.4 Å². The molecule has 0 aliphatic rings. The predicted octanol–water partition coefficient (Wildman–Crippen LogP) is 7.14. The van der Waals surface area contributed by atoms with E-state index in [-0.39, 0.29) is 0 Å². The van der Waals surface area contributed by atoms with Gasteiger partial charge in [0.15, 0.2) is 15.5 Å². The third kappa shape index (κ3) is 17.8. The molecule has 0 aromatic carbocycles. The summed E-state index contributed by atoms with van der Waals surface area (Å²) in [4.78, 5) is 14.1. The minimum atomic E-state index is 0.737. The molecule has 0 saturated heterocycles. The Kier molecular flexibility index (Phi) is 20.2. The van der Waals surface area contributed by atoms with Gasteiger partial charge in [-0.15, -0.1) is 0 Å². The van der Waals surface area contributed by atoms with Gasteiger partial charge in [0.2, 0.25) is 0 Å². The second-order valence-electron chi connectivity index (χ2n) is 7.02. The van der Waals surface area contributed by atoms with E-state index in [0.29, 0.717) is 0 Å². The Morgan fingerprint density at radius 2 is 0.788 bits per heavy atom. The first-order chi connectivity index (χ1) is 16.3. The fourth-order valence-electron chi connectivity index (χ4n) is 2.65. The maximum absolute atomic E-state index is 5.17. The van der Waals surface area contributed by atoms with E-state index in [1.165, 1.54) is 18.8 Å². The number of nitrogens with zero attached hydrogens (tertiary/aromatic N) is 3. The zero-order valence-corrected chi connectivity index (χ0v) is 22.2. The van der Waals surface area contributed by atoms with Crippen LogP contribution in [0.4, 0.5) is 0 Å². The van der Waals surface area contributed by atoms with Crippen LogP contribution in [0.15, 0.2) is 54.0 Å². The van der Waals surface area contributed by atoms with Gasteiger partial charge in [-0.1, -0.05) is 55.0 Å². The van der Waals surface area contributed by atoms with Gasteiger partial charge in [0.25, 0.3) is 0 Å². The van der Waals surface area contributed by atoms with Crippen molar-refractivity contribution in [1.82, 2.24) is 15.0 Å². The zero-order chi connectivity index (χ0) is 23.8. The second-order valence-corrected chi connectivity index (χ2v) is 10.2. The Morgan fingerprint density at radius 1 is 0.485 bits per heavy atom. The largest absolute Gasteiger partial charge is 0.502 e. The highest BCUT2D eigenvalue weighted by molar-refractivity contribution is 8.00. The normalized spacial score (nSPS) is 10.5. The summed E-state index contributed by atoms with van der Waals surface area (Å²) in [6.45, 7) is 12.9. The van der Waals surface area contributed by atoms with Crippen molar-refractivity contribution in [2.75, 3.05) is 37.1 Å². The molecule has 0 atom stereocenters. The molecule has 1 aromatic rings. The van der Waals surface area contributed by atoms with E-state index in [0.717, 1.165) is 110 Å². The van der Waals surface area contributed by atoms with E-state index in [1.807, 2.05) is 0 Å². The molecule has 0 unspecified atom stereocenters. The van der Waals surface area contributed by atoms with Gasteiger partial charge >= 0.3 is 0 Å². The molecule has 0 radical (unpaired) electrons. The number of rotatable bonds is 24. The van der Waals surface area contributed by atoms with Gasteiger partial charge in [0, 0.05) is 17.3 Å². The fourth-order valence-corrected chi connectivity index (χ4v) is 5.32. The average molecular weight is 514 g/mol. The van der Waals surface area contributed by atoms with E-state index >= 15 is 0 Å². The molecule has 33 heavy (non-hydrogen) atoms. The van der Waals surface area contributed by atoms with Crippen LogP contribution in [-0.4, -0.2) is 52.0 Å². The lowest BCUT2D eigenvalue weighted by molar-refractivity contribution is 0.243. The molecule has 9 heteroatoms. The average Bonchev–Trinajstić information content (AvgIpc) is 2.82. The Morgan fingerprint density at radius 3 is 1.06 bits per heavy atom. The highest BCUT2D eigenvalue weighted by atomic mass is 32.2. The number of hydrogen-bond acceptors (Lipinski definition) is 9. The highest BCUT2D eigenvalue weighted by Gasteiger charge is 2.09.